The summed E-state index contributed by atoms with van der Waals surface area (Å²) < 4.78 is 5.19. The highest BCUT2D eigenvalue weighted by Crippen LogP contribution is 2.27. The molecule has 0 radical (unpaired) electrons. The molecule has 3 aromatic carbocycles. The highest BCUT2D eigenvalue weighted by molar-refractivity contribution is 6.00. The van der Waals surface area contributed by atoms with Gasteiger partial charge in [-0.25, -0.2) is 14.4 Å². The van der Waals surface area contributed by atoms with Crippen molar-refractivity contribution >= 4 is 29.5 Å². The Balaban J connectivity index is 1.52. The van der Waals surface area contributed by atoms with Crippen LogP contribution in [0, 0.1) is 0 Å². The third-order valence-corrected chi connectivity index (χ3v) is 5.63. The van der Waals surface area contributed by atoms with Gasteiger partial charge in [0.2, 0.25) is 0 Å². The molecular formula is C29H26N4O5. The molecule has 1 heterocycles. The standard InChI is InChI=1S/C29H26N4O5/c34-27(35)26(33-29(37)38-19-20-7-3-1-4-8-20)18-23-12-11-22(21-9-5-2-6-10-21)17-25(23)32-28(36)31-24-13-15-30-16-14-24/h1-17,26H,18-19H2,(H,33,37)(H,34,35)(H2,30,31,32,36)/t26-/m0/s1. The molecule has 3 amide bonds. The first-order chi connectivity index (χ1) is 18.5. The van der Waals surface area contributed by atoms with E-state index in [4.69, 9.17) is 4.74 Å². The second-order valence-electron chi connectivity index (χ2n) is 8.35. The second-order valence-corrected chi connectivity index (χ2v) is 8.35. The number of carboxylic acids is 1. The molecule has 0 aliphatic carbocycles. The number of benzene rings is 3. The van der Waals surface area contributed by atoms with E-state index < -0.39 is 24.1 Å². The van der Waals surface area contributed by atoms with Gasteiger partial charge in [0.1, 0.15) is 12.6 Å². The van der Waals surface area contributed by atoms with E-state index in [0.29, 0.717) is 16.9 Å². The number of urea groups is 1. The van der Waals surface area contributed by atoms with Crippen LogP contribution in [-0.4, -0.2) is 34.2 Å². The summed E-state index contributed by atoms with van der Waals surface area (Å²) in [5, 5.41) is 17.7. The summed E-state index contributed by atoms with van der Waals surface area (Å²) in [4.78, 5) is 41.0. The Labute approximate surface area is 219 Å². The molecule has 0 saturated carbocycles. The molecule has 0 spiro atoms. The quantitative estimate of drug-likeness (QED) is 0.241. The number of anilines is 2. The predicted molar refractivity (Wildman–Crippen MR) is 144 cm³/mol. The molecular weight excluding hydrogens is 484 g/mol. The monoisotopic (exact) mass is 510 g/mol. The predicted octanol–water partition coefficient (Wildman–Crippen LogP) is 5.31. The van der Waals surface area contributed by atoms with Gasteiger partial charge >= 0.3 is 18.1 Å². The molecule has 38 heavy (non-hydrogen) atoms. The Kier molecular flexibility index (Phi) is 8.64. The summed E-state index contributed by atoms with van der Waals surface area (Å²) in [6, 6.07) is 25.5. The summed E-state index contributed by atoms with van der Waals surface area (Å²) >= 11 is 0. The molecule has 192 valence electrons. The topological polar surface area (TPSA) is 130 Å². The lowest BCUT2D eigenvalue weighted by Crippen LogP contribution is -2.42. The number of rotatable bonds is 9. The van der Waals surface area contributed by atoms with Crippen molar-refractivity contribution in [3.8, 4) is 11.1 Å². The fraction of sp³-hybridized carbons (Fsp3) is 0.103. The van der Waals surface area contributed by atoms with Crippen LogP contribution in [0.2, 0.25) is 0 Å². The summed E-state index contributed by atoms with van der Waals surface area (Å²) in [6.45, 7) is 0.00671. The van der Waals surface area contributed by atoms with E-state index in [1.54, 1.807) is 48.8 Å². The zero-order valence-electron chi connectivity index (χ0n) is 20.3. The van der Waals surface area contributed by atoms with Crippen molar-refractivity contribution in [1.29, 1.82) is 0 Å². The first-order valence-electron chi connectivity index (χ1n) is 11.8. The maximum atomic E-state index is 12.8. The van der Waals surface area contributed by atoms with Crippen molar-refractivity contribution in [2.24, 2.45) is 0 Å². The lowest BCUT2D eigenvalue weighted by molar-refractivity contribution is -0.139. The molecule has 4 aromatic rings. The Hall–Kier alpha value is -5.18. The van der Waals surface area contributed by atoms with Crippen LogP contribution in [0.3, 0.4) is 0 Å². The van der Waals surface area contributed by atoms with E-state index in [-0.39, 0.29) is 13.0 Å². The smallest absolute Gasteiger partial charge is 0.408 e. The number of aromatic nitrogens is 1. The van der Waals surface area contributed by atoms with Crippen LogP contribution in [0.15, 0.2) is 103 Å². The molecule has 0 unspecified atom stereocenters. The number of alkyl carbamates (subject to hydrolysis) is 1. The maximum Gasteiger partial charge on any atom is 0.408 e. The molecule has 0 saturated heterocycles. The average molecular weight is 511 g/mol. The molecule has 9 nitrogen and oxygen atoms in total. The summed E-state index contributed by atoms with van der Waals surface area (Å²) in [7, 11) is 0. The van der Waals surface area contributed by atoms with Crippen LogP contribution in [0.25, 0.3) is 11.1 Å². The first kappa shape index (κ1) is 25.9. The van der Waals surface area contributed by atoms with Crippen LogP contribution < -0.4 is 16.0 Å². The number of hydrogen-bond acceptors (Lipinski definition) is 5. The highest BCUT2D eigenvalue weighted by Gasteiger charge is 2.23. The van der Waals surface area contributed by atoms with Crippen molar-refractivity contribution < 1.29 is 24.2 Å². The third-order valence-electron chi connectivity index (χ3n) is 5.63. The van der Waals surface area contributed by atoms with E-state index in [9.17, 15) is 19.5 Å². The van der Waals surface area contributed by atoms with Gasteiger partial charge in [-0.05, 0) is 40.5 Å². The Bertz CT molecular complexity index is 1380. The lowest BCUT2D eigenvalue weighted by Gasteiger charge is -2.18. The Morgan fingerprint density at radius 1 is 0.816 bits per heavy atom. The summed E-state index contributed by atoms with van der Waals surface area (Å²) in [5.74, 6) is -1.24. The van der Waals surface area contributed by atoms with Crippen molar-refractivity contribution in [1.82, 2.24) is 10.3 Å². The van der Waals surface area contributed by atoms with Crippen molar-refractivity contribution in [2.45, 2.75) is 19.1 Å². The molecule has 1 atom stereocenters. The van der Waals surface area contributed by atoms with Crippen molar-refractivity contribution in [3.63, 3.8) is 0 Å². The fourth-order valence-electron chi connectivity index (χ4n) is 3.73. The van der Waals surface area contributed by atoms with Gasteiger partial charge in [0.25, 0.3) is 0 Å². The number of aliphatic carboxylic acids is 1. The highest BCUT2D eigenvalue weighted by atomic mass is 16.5. The van der Waals surface area contributed by atoms with Crippen LogP contribution in [-0.2, 0) is 22.6 Å². The minimum absolute atomic E-state index is 0.00671. The Morgan fingerprint density at radius 2 is 1.50 bits per heavy atom. The number of pyridine rings is 1. The van der Waals surface area contributed by atoms with Gasteiger partial charge in [0.15, 0.2) is 0 Å². The van der Waals surface area contributed by atoms with Gasteiger partial charge in [0.05, 0.1) is 0 Å². The second kappa shape index (κ2) is 12.7. The number of nitrogens with zero attached hydrogens (tertiary/aromatic N) is 1. The maximum absolute atomic E-state index is 12.8. The van der Waals surface area contributed by atoms with Crippen LogP contribution >= 0.6 is 0 Å². The number of amides is 3. The number of carboxylic acid groups (broad SMARTS) is 1. The molecule has 1 aromatic heterocycles. The van der Waals surface area contributed by atoms with Gasteiger partial charge in [0, 0.05) is 30.2 Å². The molecule has 4 N–H and O–H groups in total. The number of carbonyl (C=O) groups is 3. The molecule has 4 rings (SSSR count). The molecule has 0 bridgehead atoms. The van der Waals surface area contributed by atoms with Crippen LogP contribution in [0.1, 0.15) is 11.1 Å². The van der Waals surface area contributed by atoms with Gasteiger partial charge in [-0.15, -0.1) is 0 Å². The van der Waals surface area contributed by atoms with E-state index in [0.717, 1.165) is 16.7 Å². The van der Waals surface area contributed by atoms with E-state index in [1.807, 2.05) is 54.6 Å². The van der Waals surface area contributed by atoms with Crippen molar-refractivity contribution in [2.75, 3.05) is 10.6 Å². The molecule has 0 fully saturated rings. The van der Waals surface area contributed by atoms with Gasteiger partial charge in [-0.2, -0.15) is 0 Å². The van der Waals surface area contributed by atoms with Crippen LogP contribution in [0.5, 0.6) is 0 Å². The number of carbonyl (C=O) groups excluding carboxylic acids is 2. The zero-order chi connectivity index (χ0) is 26.7. The molecule has 0 aliphatic rings. The SMILES string of the molecule is O=C(Nc1ccncc1)Nc1cc(-c2ccccc2)ccc1C[C@H](NC(=O)OCc1ccccc1)C(=O)O. The van der Waals surface area contributed by atoms with Gasteiger partial charge in [-0.1, -0.05) is 72.8 Å². The third kappa shape index (κ3) is 7.41. The van der Waals surface area contributed by atoms with Crippen molar-refractivity contribution in [3.05, 3.63) is 115 Å². The zero-order valence-corrected chi connectivity index (χ0v) is 20.3. The fourth-order valence-corrected chi connectivity index (χ4v) is 3.73. The number of nitrogens with one attached hydrogen (secondary N) is 3. The summed E-state index contributed by atoms with van der Waals surface area (Å²) in [6.07, 6.45) is 2.16. The minimum Gasteiger partial charge on any atom is -0.480 e. The summed E-state index contributed by atoms with van der Waals surface area (Å²) in [5.41, 5.74) is 4.00. The van der Waals surface area contributed by atoms with E-state index >= 15 is 0 Å². The van der Waals surface area contributed by atoms with Crippen LogP contribution in [0.4, 0.5) is 21.0 Å². The number of ether oxygens (including phenoxy) is 1. The van der Waals surface area contributed by atoms with E-state index in [2.05, 4.69) is 20.9 Å². The average Bonchev–Trinajstić information content (AvgIpc) is 2.94. The minimum atomic E-state index is -1.29. The normalized spacial score (nSPS) is 11.2. The largest absolute Gasteiger partial charge is 0.480 e. The van der Waals surface area contributed by atoms with Gasteiger partial charge < -0.3 is 25.8 Å². The van der Waals surface area contributed by atoms with Gasteiger partial charge in [-0.3, -0.25) is 4.98 Å². The molecule has 9 heteroatoms. The van der Waals surface area contributed by atoms with E-state index in [1.165, 1.54) is 0 Å². The first-order valence-corrected chi connectivity index (χ1v) is 11.8. The Morgan fingerprint density at radius 3 is 2.18 bits per heavy atom. The number of hydrogen-bond donors (Lipinski definition) is 4. The lowest BCUT2D eigenvalue weighted by atomic mass is 9.98. The molecule has 0 aliphatic heterocycles.